The Hall–Kier alpha value is -3.75. The third kappa shape index (κ3) is 6.72. The Kier molecular flexibility index (Phi) is 8.53. The van der Waals surface area contributed by atoms with Crippen LogP contribution >= 0.6 is 23.4 Å². The van der Waals surface area contributed by atoms with Crippen LogP contribution in [0.3, 0.4) is 0 Å². The summed E-state index contributed by atoms with van der Waals surface area (Å²) < 4.78 is 16.9. The number of ether oxygens (including phenoxy) is 3. The monoisotopic (exact) mass is 537 g/mol. The van der Waals surface area contributed by atoms with Crippen molar-refractivity contribution in [3.8, 4) is 17.2 Å². The maximum atomic E-state index is 12.9. The molecule has 0 aliphatic carbocycles. The van der Waals surface area contributed by atoms with E-state index >= 15 is 0 Å². The van der Waals surface area contributed by atoms with Crippen LogP contribution in [0, 0.1) is 6.92 Å². The number of halogens is 1. The van der Waals surface area contributed by atoms with E-state index in [1.807, 2.05) is 38.1 Å². The molecule has 0 saturated carbocycles. The molecule has 1 aliphatic heterocycles. The summed E-state index contributed by atoms with van der Waals surface area (Å²) in [4.78, 5) is 39.3. The summed E-state index contributed by atoms with van der Waals surface area (Å²) in [7, 11) is 0. The second-order valence-corrected chi connectivity index (χ2v) is 9.46. The summed E-state index contributed by atoms with van der Waals surface area (Å²) >= 11 is 6.74. The molecular formula is C28H24ClNO6S. The quantitative estimate of drug-likeness (QED) is 0.178. The number of thioether (sulfide) groups is 1. The van der Waals surface area contributed by atoms with Gasteiger partial charge in [-0.2, -0.15) is 0 Å². The zero-order chi connectivity index (χ0) is 26.4. The van der Waals surface area contributed by atoms with Gasteiger partial charge in [0, 0.05) is 5.02 Å². The first-order valence-electron chi connectivity index (χ1n) is 11.5. The van der Waals surface area contributed by atoms with Gasteiger partial charge in [-0.25, -0.2) is 4.79 Å². The predicted molar refractivity (Wildman–Crippen MR) is 143 cm³/mol. The van der Waals surface area contributed by atoms with Gasteiger partial charge in [0.25, 0.3) is 11.1 Å². The molecule has 1 fully saturated rings. The molecule has 7 nitrogen and oxygen atoms in total. The highest BCUT2D eigenvalue weighted by Crippen LogP contribution is 2.35. The van der Waals surface area contributed by atoms with E-state index < -0.39 is 5.97 Å². The van der Waals surface area contributed by atoms with Crippen molar-refractivity contribution in [3.05, 3.63) is 93.3 Å². The predicted octanol–water partition coefficient (Wildman–Crippen LogP) is 6.38. The highest BCUT2D eigenvalue weighted by Gasteiger charge is 2.34. The molecular weight excluding hydrogens is 514 g/mol. The Bertz CT molecular complexity index is 1360. The van der Waals surface area contributed by atoms with Crippen molar-refractivity contribution in [1.29, 1.82) is 0 Å². The van der Waals surface area contributed by atoms with E-state index in [1.165, 1.54) is 0 Å². The van der Waals surface area contributed by atoms with E-state index in [1.54, 1.807) is 48.5 Å². The third-order valence-corrected chi connectivity index (χ3v) is 6.45. The topological polar surface area (TPSA) is 82.1 Å². The number of amides is 2. The molecule has 190 valence electrons. The van der Waals surface area contributed by atoms with Crippen LogP contribution in [0.4, 0.5) is 4.79 Å². The number of hydrogen-bond donors (Lipinski definition) is 0. The lowest BCUT2D eigenvalue weighted by molar-refractivity contribution is -0.123. The van der Waals surface area contributed by atoms with Gasteiger partial charge in [-0.15, -0.1) is 0 Å². The Morgan fingerprint density at radius 1 is 1.00 bits per heavy atom. The average Bonchev–Trinajstić information content (AvgIpc) is 3.13. The number of esters is 1. The molecule has 1 aliphatic rings. The van der Waals surface area contributed by atoms with E-state index in [0.29, 0.717) is 34.3 Å². The largest absolute Gasteiger partial charge is 0.492 e. The lowest BCUT2D eigenvalue weighted by atomic mass is 10.1. The molecule has 1 saturated heterocycles. The minimum atomic E-state index is -0.556. The lowest BCUT2D eigenvalue weighted by Crippen LogP contribution is -2.32. The highest BCUT2D eigenvalue weighted by atomic mass is 35.5. The molecule has 9 heteroatoms. The fourth-order valence-corrected chi connectivity index (χ4v) is 4.51. The SMILES string of the molecule is CCOc1cc(/C=C2\SC(=O)N(CCOc3cccc(C)c3)C2=O)ccc1OC(=O)c1ccc(Cl)cc1. The van der Waals surface area contributed by atoms with E-state index in [2.05, 4.69) is 0 Å². The summed E-state index contributed by atoms with van der Waals surface area (Å²) in [6.07, 6.45) is 1.61. The minimum absolute atomic E-state index is 0.139. The smallest absolute Gasteiger partial charge is 0.343 e. The van der Waals surface area contributed by atoms with Crippen molar-refractivity contribution in [2.24, 2.45) is 0 Å². The highest BCUT2D eigenvalue weighted by molar-refractivity contribution is 8.18. The number of nitrogens with zero attached hydrogens (tertiary/aromatic N) is 1. The maximum absolute atomic E-state index is 12.9. The normalized spacial score (nSPS) is 14.2. The van der Waals surface area contributed by atoms with Crippen LogP contribution in [0.5, 0.6) is 17.2 Å². The van der Waals surface area contributed by atoms with Gasteiger partial charge in [-0.1, -0.05) is 29.8 Å². The van der Waals surface area contributed by atoms with Gasteiger partial charge >= 0.3 is 5.97 Å². The van der Waals surface area contributed by atoms with E-state index in [-0.39, 0.29) is 35.0 Å². The minimum Gasteiger partial charge on any atom is -0.492 e. The molecule has 3 aromatic rings. The van der Waals surface area contributed by atoms with Crippen LogP contribution in [0.2, 0.25) is 5.02 Å². The van der Waals surface area contributed by atoms with Crippen molar-refractivity contribution in [2.45, 2.75) is 13.8 Å². The fraction of sp³-hybridized carbons (Fsp3) is 0.179. The van der Waals surface area contributed by atoms with Crippen LogP contribution in [0.15, 0.2) is 71.6 Å². The van der Waals surface area contributed by atoms with Crippen LogP contribution < -0.4 is 14.2 Å². The molecule has 0 radical (unpaired) electrons. The zero-order valence-electron chi connectivity index (χ0n) is 20.2. The number of imide groups is 1. The van der Waals surface area contributed by atoms with E-state index in [0.717, 1.165) is 22.2 Å². The number of aryl methyl sites for hydroxylation is 1. The first-order valence-corrected chi connectivity index (χ1v) is 12.7. The summed E-state index contributed by atoms with van der Waals surface area (Å²) in [6, 6.07) is 18.8. The second-order valence-electron chi connectivity index (χ2n) is 8.03. The number of benzene rings is 3. The Morgan fingerprint density at radius 2 is 1.78 bits per heavy atom. The molecule has 4 rings (SSSR count). The van der Waals surface area contributed by atoms with E-state index in [4.69, 9.17) is 25.8 Å². The average molecular weight is 538 g/mol. The molecule has 3 aromatic carbocycles. The van der Waals surface area contributed by atoms with Crippen LogP contribution in [0.25, 0.3) is 6.08 Å². The molecule has 0 unspecified atom stereocenters. The fourth-order valence-electron chi connectivity index (χ4n) is 3.52. The molecule has 1 heterocycles. The van der Waals surface area contributed by atoms with Crippen LogP contribution in [-0.2, 0) is 4.79 Å². The molecule has 0 atom stereocenters. The van der Waals surface area contributed by atoms with Crippen molar-refractivity contribution < 1.29 is 28.6 Å². The maximum Gasteiger partial charge on any atom is 0.343 e. The summed E-state index contributed by atoms with van der Waals surface area (Å²) in [5.41, 5.74) is 2.02. The second kappa shape index (κ2) is 12.0. The standard InChI is InChI=1S/C28H24ClNO6S/c1-3-34-24-16-19(7-12-23(24)36-27(32)20-8-10-21(29)11-9-20)17-25-26(31)30(28(33)37-25)13-14-35-22-6-4-5-18(2)15-22/h4-12,15-17H,3,13-14H2,1-2H3/b25-17-. The number of rotatable bonds is 9. The van der Waals surface area contributed by atoms with Crippen LogP contribution in [0.1, 0.15) is 28.4 Å². The van der Waals surface area contributed by atoms with Crippen molar-refractivity contribution in [2.75, 3.05) is 19.8 Å². The lowest BCUT2D eigenvalue weighted by Gasteiger charge is -2.13. The summed E-state index contributed by atoms with van der Waals surface area (Å²) in [6.45, 7) is 4.44. The Balaban J connectivity index is 1.44. The number of carbonyl (C=O) groups excluding carboxylic acids is 3. The molecule has 2 amide bonds. The van der Waals surface area contributed by atoms with E-state index in [9.17, 15) is 14.4 Å². The zero-order valence-corrected chi connectivity index (χ0v) is 21.8. The summed E-state index contributed by atoms with van der Waals surface area (Å²) in [5.74, 6) is 0.311. The molecule has 0 aromatic heterocycles. The van der Waals surface area contributed by atoms with Crippen molar-refractivity contribution >= 4 is 46.6 Å². The van der Waals surface area contributed by atoms with Gasteiger partial charge in [-0.05, 0) is 91.3 Å². The molecule has 0 N–H and O–H groups in total. The van der Waals surface area contributed by atoms with Gasteiger partial charge in [0.2, 0.25) is 0 Å². The number of hydrogen-bond acceptors (Lipinski definition) is 7. The molecule has 37 heavy (non-hydrogen) atoms. The third-order valence-electron chi connectivity index (χ3n) is 5.29. The van der Waals surface area contributed by atoms with Gasteiger partial charge in [0.1, 0.15) is 12.4 Å². The van der Waals surface area contributed by atoms with Gasteiger partial charge in [-0.3, -0.25) is 14.5 Å². The van der Waals surface area contributed by atoms with Crippen molar-refractivity contribution in [3.63, 3.8) is 0 Å². The van der Waals surface area contributed by atoms with Crippen molar-refractivity contribution in [1.82, 2.24) is 4.90 Å². The Morgan fingerprint density at radius 3 is 2.51 bits per heavy atom. The molecule has 0 spiro atoms. The number of carbonyl (C=O) groups is 3. The van der Waals surface area contributed by atoms with Gasteiger partial charge < -0.3 is 14.2 Å². The van der Waals surface area contributed by atoms with Crippen LogP contribution in [-0.4, -0.2) is 41.8 Å². The Labute approximate surface area is 224 Å². The summed E-state index contributed by atoms with van der Waals surface area (Å²) in [5, 5.41) is 0.154. The van der Waals surface area contributed by atoms with Gasteiger partial charge in [0.05, 0.1) is 23.6 Å². The van der Waals surface area contributed by atoms with Gasteiger partial charge in [0.15, 0.2) is 11.5 Å². The molecule has 0 bridgehead atoms. The first-order chi connectivity index (χ1) is 17.8. The first kappa shape index (κ1) is 26.3.